The molecular weight excluding hydrogens is 393 g/mol. The number of pyridine rings is 1. The Kier molecular flexibility index (Phi) is 4.88. The molecule has 31 heavy (non-hydrogen) atoms. The van der Waals surface area contributed by atoms with E-state index in [1.165, 1.54) is 12.5 Å². The van der Waals surface area contributed by atoms with Crippen LogP contribution in [0, 0.1) is 5.82 Å². The van der Waals surface area contributed by atoms with Crippen molar-refractivity contribution in [2.45, 2.75) is 43.2 Å². The van der Waals surface area contributed by atoms with Gasteiger partial charge in [-0.05, 0) is 76.0 Å². The van der Waals surface area contributed by atoms with Gasteiger partial charge < -0.3 is 10.2 Å². The highest BCUT2D eigenvalue weighted by molar-refractivity contribution is 5.95. The van der Waals surface area contributed by atoms with E-state index in [0.29, 0.717) is 6.54 Å². The molecule has 1 N–H and O–H groups in total. The number of benzene rings is 1. The number of urea groups is 1. The lowest BCUT2D eigenvalue weighted by atomic mass is 9.69. The number of anilines is 2. The van der Waals surface area contributed by atoms with Gasteiger partial charge in [-0.1, -0.05) is 12.1 Å². The van der Waals surface area contributed by atoms with Crippen molar-refractivity contribution in [3.8, 4) is 0 Å². The SMILES string of the molecule is CN(C)C1(c2cccc(F)c2)CCC2(CC1)CN(c1ccc(N3CCC3)nc1)C(=O)N2. The van der Waals surface area contributed by atoms with Crippen molar-refractivity contribution in [1.29, 1.82) is 0 Å². The number of amides is 2. The molecule has 6 nitrogen and oxygen atoms in total. The van der Waals surface area contributed by atoms with Crippen LogP contribution < -0.4 is 15.1 Å². The van der Waals surface area contributed by atoms with Crippen LogP contribution in [0.25, 0.3) is 0 Å². The number of hydrogen-bond acceptors (Lipinski definition) is 4. The first kappa shape index (κ1) is 20.2. The summed E-state index contributed by atoms with van der Waals surface area (Å²) in [5.74, 6) is 0.779. The summed E-state index contributed by atoms with van der Waals surface area (Å²) in [7, 11) is 4.13. The molecule has 0 atom stereocenters. The van der Waals surface area contributed by atoms with Crippen molar-refractivity contribution in [2.24, 2.45) is 0 Å². The summed E-state index contributed by atoms with van der Waals surface area (Å²) in [4.78, 5) is 23.7. The van der Waals surface area contributed by atoms with E-state index in [1.54, 1.807) is 12.1 Å². The first-order valence-electron chi connectivity index (χ1n) is 11.2. The Morgan fingerprint density at radius 3 is 2.45 bits per heavy atom. The van der Waals surface area contributed by atoms with Gasteiger partial charge in [0.2, 0.25) is 0 Å². The summed E-state index contributed by atoms with van der Waals surface area (Å²) in [5, 5.41) is 3.27. The van der Waals surface area contributed by atoms with E-state index in [9.17, 15) is 9.18 Å². The number of rotatable bonds is 4. The maximum absolute atomic E-state index is 14.0. The van der Waals surface area contributed by atoms with Crippen LogP contribution >= 0.6 is 0 Å². The highest BCUT2D eigenvalue weighted by Crippen LogP contribution is 2.46. The minimum Gasteiger partial charge on any atom is -0.356 e. The second kappa shape index (κ2) is 7.48. The first-order valence-corrected chi connectivity index (χ1v) is 11.2. The van der Waals surface area contributed by atoms with Gasteiger partial charge in [0.25, 0.3) is 0 Å². The summed E-state index contributed by atoms with van der Waals surface area (Å²) in [6.07, 6.45) is 6.45. The zero-order chi connectivity index (χ0) is 21.6. The zero-order valence-corrected chi connectivity index (χ0v) is 18.3. The van der Waals surface area contributed by atoms with Crippen LogP contribution in [0.5, 0.6) is 0 Å². The number of aromatic nitrogens is 1. The fraction of sp³-hybridized carbons (Fsp3) is 0.500. The largest absolute Gasteiger partial charge is 0.356 e. The molecular formula is C24H30FN5O. The molecule has 3 aliphatic rings. The van der Waals surface area contributed by atoms with Crippen LogP contribution in [0.2, 0.25) is 0 Å². The average molecular weight is 424 g/mol. The number of carbonyl (C=O) groups is 1. The van der Waals surface area contributed by atoms with Crippen molar-refractivity contribution in [2.75, 3.05) is 43.5 Å². The first-order chi connectivity index (χ1) is 14.9. The molecule has 5 rings (SSSR count). The Morgan fingerprint density at radius 2 is 1.87 bits per heavy atom. The molecule has 0 bridgehead atoms. The molecule has 0 unspecified atom stereocenters. The van der Waals surface area contributed by atoms with Crippen LogP contribution in [0.1, 0.15) is 37.7 Å². The van der Waals surface area contributed by atoms with Crippen LogP contribution in [0.3, 0.4) is 0 Å². The number of halogens is 1. The van der Waals surface area contributed by atoms with Crippen molar-refractivity contribution < 1.29 is 9.18 Å². The quantitative estimate of drug-likeness (QED) is 0.814. The molecule has 2 aliphatic heterocycles. The smallest absolute Gasteiger partial charge is 0.322 e. The molecule has 1 spiro atoms. The van der Waals surface area contributed by atoms with Gasteiger partial charge in [-0.15, -0.1) is 0 Å². The minimum absolute atomic E-state index is 0.0541. The Morgan fingerprint density at radius 1 is 1.10 bits per heavy atom. The van der Waals surface area contributed by atoms with Crippen LogP contribution in [0.15, 0.2) is 42.6 Å². The van der Waals surface area contributed by atoms with Crippen LogP contribution in [0.4, 0.5) is 20.7 Å². The average Bonchev–Trinajstić information content (AvgIpc) is 3.04. The summed E-state index contributed by atoms with van der Waals surface area (Å²) < 4.78 is 14.0. The molecule has 0 radical (unpaired) electrons. The molecule has 1 aromatic heterocycles. The number of hydrogen-bond donors (Lipinski definition) is 1. The summed E-state index contributed by atoms with van der Waals surface area (Å²) in [6, 6.07) is 10.9. The van der Waals surface area contributed by atoms with E-state index in [4.69, 9.17) is 0 Å². The molecule has 2 aromatic rings. The normalized spacial score (nSPS) is 28.2. The lowest BCUT2D eigenvalue weighted by molar-refractivity contribution is 0.0655. The molecule has 1 aliphatic carbocycles. The predicted octanol–water partition coefficient (Wildman–Crippen LogP) is 3.73. The van der Waals surface area contributed by atoms with E-state index < -0.39 is 0 Å². The molecule has 164 valence electrons. The Hall–Kier alpha value is -2.67. The maximum atomic E-state index is 14.0. The van der Waals surface area contributed by atoms with Gasteiger partial charge in [0.15, 0.2) is 0 Å². The van der Waals surface area contributed by atoms with E-state index in [1.807, 2.05) is 29.3 Å². The molecule has 1 aromatic carbocycles. The van der Waals surface area contributed by atoms with Crippen molar-refractivity contribution in [1.82, 2.24) is 15.2 Å². The third kappa shape index (κ3) is 3.45. The third-order valence-electron chi connectivity index (χ3n) is 7.55. The second-order valence-corrected chi connectivity index (χ2v) is 9.45. The predicted molar refractivity (Wildman–Crippen MR) is 120 cm³/mol. The van der Waals surface area contributed by atoms with Gasteiger partial charge in [-0.25, -0.2) is 14.2 Å². The summed E-state index contributed by atoms with van der Waals surface area (Å²) in [6.45, 7) is 2.75. The van der Waals surface area contributed by atoms with E-state index in [2.05, 4.69) is 34.2 Å². The highest BCUT2D eigenvalue weighted by Gasteiger charge is 2.50. The number of nitrogens with one attached hydrogen (secondary N) is 1. The topological polar surface area (TPSA) is 51.7 Å². The van der Waals surface area contributed by atoms with Crippen LogP contribution in [-0.4, -0.2) is 55.2 Å². The van der Waals surface area contributed by atoms with Crippen LogP contribution in [-0.2, 0) is 5.54 Å². The maximum Gasteiger partial charge on any atom is 0.322 e. The monoisotopic (exact) mass is 423 g/mol. The second-order valence-electron chi connectivity index (χ2n) is 9.45. The standard InChI is InChI=1S/C24H30FN5O/c1-28(2)24(18-5-3-6-19(25)15-18)11-9-23(10-12-24)17-30(22(31)27-23)20-7-8-21(26-16-20)29-13-4-14-29/h3,5-8,15-16H,4,9-14,17H2,1-2H3,(H,27,31). The minimum atomic E-state index is -0.250. The Balaban J connectivity index is 1.32. The lowest BCUT2D eigenvalue weighted by Gasteiger charge is -2.48. The van der Waals surface area contributed by atoms with E-state index >= 15 is 0 Å². The molecule has 3 heterocycles. The van der Waals surface area contributed by atoms with Crippen molar-refractivity contribution in [3.05, 3.63) is 54.0 Å². The molecule has 7 heteroatoms. The number of carbonyl (C=O) groups excluding carboxylic acids is 1. The van der Waals surface area contributed by atoms with Crippen molar-refractivity contribution in [3.63, 3.8) is 0 Å². The van der Waals surface area contributed by atoms with Gasteiger partial charge in [-0.2, -0.15) is 0 Å². The Bertz CT molecular complexity index is 964. The van der Waals surface area contributed by atoms with Gasteiger partial charge in [0.05, 0.1) is 24.0 Å². The lowest BCUT2D eigenvalue weighted by Crippen LogP contribution is -2.54. The number of nitrogens with zero attached hydrogens (tertiary/aromatic N) is 4. The fourth-order valence-corrected chi connectivity index (χ4v) is 5.38. The molecule has 2 amide bonds. The van der Waals surface area contributed by atoms with E-state index in [-0.39, 0.29) is 22.9 Å². The van der Waals surface area contributed by atoms with Gasteiger partial charge in [0, 0.05) is 18.6 Å². The molecule has 1 saturated carbocycles. The third-order valence-corrected chi connectivity index (χ3v) is 7.55. The summed E-state index contributed by atoms with van der Waals surface area (Å²) >= 11 is 0. The Labute approximate surface area is 183 Å². The highest BCUT2D eigenvalue weighted by atomic mass is 19.1. The molecule has 2 saturated heterocycles. The van der Waals surface area contributed by atoms with Gasteiger partial charge in [-0.3, -0.25) is 9.80 Å². The van der Waals surface area contributed by atoms with Gasteiger partial charge in [0.1, 0.15) is 11.6 Å². The van der Waals surface area contributed by atoms with Gasteiger partial charge >= 0.3 is 6.03 Å². The summed E-state index contributed by atoms with van der Waals surface area (Å²) in [5.41, 5.74) is 1.39. The molecule has 3 fully saturated rings. The van der Waals surface area contributed by atoms with E-state index in [0.717, 1.165) is 55.8 Å². The zero-order valence-electron chi connectivity index (χ0n) is 18.3. The fourth-order valence-electron chi connectivity index (χ4n) is 5.38. The van der Waals surface area contributed by atoms with Crippen molar-refractivity contribution >= 4 is 17.5 Å².